The Labute approximate surface area is 221 Å². The van der Waals surface area contributed by atoms with Gasteiger partial charge in [0.05, 0.1) is 6.42 Å². The van der Waals surface area contributed by atoms with Gasteiger partial charge >= 0.3 is 18.1 Å². The van der Waals surface area contributed by atoms with E-state index in [0.717, 1.165) is 5.56 Å². The van der Waals surface area contributed by atoms with Crippen LogP contribution in [0.5, 0.6) is 0 Å². The highest BCUT2D eigenvalue weighted by Crippen LogP contribution is 2.19. The molecule has 16 heteroatoms. The molecule has 0 spiro atoms. The van der Waals surface area contributed by atoms with E-state index in [1.807, 2.05) is 30.3 Å². The molecule has 39 heavy (non-hydrogen) atoms. The van der Waals surface area contributed by atoms with E-state index < -0.39 is 48.4 Å². The van der Waals surface area contributed by atoms with Crippen molar-refractivity contribution in [3.63, 3.8) is 0 Å². The van der Waals surface area contributed by atoms with Crippen LogP contribution in [0.1, 0.15) is 37.7 Å². The van der Waals surface area contributed by atoms with Gasteiger partial charge in [-0.15, -0.1) is 0 Å². The van der Waals surface area contributed by atoms with Crippen LogP contribution < -0.4 is 22.1 Å². The highest BCUT2D eigenvalue weighted by Gasteiger charge is 2.38. The molecule has 0 unspecified atom stereocenters. The fraction of sp³-hybridized carbons (Fsp3) is 0.478. The highest BCUT2D eigenvalue weighted by atomic mass is 19.4. The molecule has 1 heterocycles. The number of alkyl halides is 3. The summed E-state index contributed by atoms with van der Waals surface area (Å²) in [7, 11) is 0. The van der Waals surface area contributed by atoms with Gasteiger partial charge in [-0.1, -0.05) is 30.3 Å². The third-order valence-electron chi connectivity index (χ3n) is 5.28. The lowest BCUT2D eigenvalue weighted by molar-refractivity contribution is -0.192. The molecule has 1 aliphatic rings. The second kappa shape index (κ2) is 15.8. The summed E-state index contributed by atoms with van der Waals surface area (Å²) >= 11 is 0. The molecule has 1 aromatic rings. The number of nitrogens with two attached hydrogens (primary N) is 2. The number of rotatable bonds is 11. The molecule has 0 radical (unpaired) electrons. The molecule has 1 aliphatic heterocycles. The molecular formula is C23H31F3N6O7. The third kappa shape index (κ3) is 12.6. The number of amides is 3. The predicted octanol–water partition coefficient (Wildman–Crippen LogP) is -0.0598. The van der Waals surface area contributed by atoms with Crippen LogP contribution in [-0.4, -0.2) is 82.1 Å². The van der Waals surface area contributed by atoms with Crippen molar-refractivity contribution in [2.45, 2.75) is 56.9 Å². The fourth-order valence-electron chi connectivity index (χ4n) is 3.48. The number of aliphatic carboxylic acids is 2. The van der Waals surface area contributed by atoms with E-state index in [1.54, 1.807) is 0 Å². The summed E-state index contributed by atoms with van der Waals surface area (Å²) in [6, 6.07) is 7.13. The lowest BCUT2D eigenvalue weighted by Crippen LogP contribution is -2.53. The average Bonchev–Trinajstić information content (AvgIpc) is 3.35. The van der Waals surface area contributed by atoms with Crippen molar-refractivity contribution in [3.8, 4) is 0 Å². The molecule has 2 rings (SSSR count). The quantitative estimate of drug-likeness (QED) is 0.121. The first-order chi connectivity index (χ1) is 18.2. The van der Waals surface area contributed by atoms with E-state index in [9.17, 15) is 37.5 Å². The second-order valence-electron chi connectivity index (χ2n) is 8.32. The van der Waals surface area contributed by atoms with Gasteiger partial charge in [-0.2, -0.15) is 13.2 Å². The van der Waals surface area contributed by atoms with E-state index in [1.165, 1.54) is 4.90 Å². The van der Waals surface area contributed by atoms with E-state index >= 15 is 0 Å². The van der Waals surface area contributed by atoms with Crippen LogP contribution in [0.2, 0.25) is 0 Å². The Morgan fingerprint density at radius 3 is 2.26 bits per heavy atom. The lowest BCUT2D eigenvalue weighted by Gasteiger charge is -2.26. The maximum atomic E-state index is 12.8. The van der Waals surface area contributed by atoms with Gasteiger partial charge in [0.2, 0.25) is 17.7 Å². The number of aliphatic imine (C=N–C) groups is 1. The number of nitrogens with zero attached hydrogens (tertiary/aromatic N) is 2. The Hall–Kier alpha value is -4.37. The van der Waals surface area contributed by atoms with Crippen LogP contribution in [0.25, 0.3) is 0 Å². The molecule has 1 fully saturated rings. The van der Waals surface area contributed by atoms with Crippen molar-refractivity contribution in [2.24, 2.45) is 16.5 Å². The van der Waals surface area contributed by atoms with Gasteiger partial charge in [0.25, 0.3) is 0 Å². The molecule has 13 nitrogen and oxygen atoms in total. The van der Waals surface area contributed by atoms with Crippen LogP contribution in [0.15, 0.2) is 35.3 Å². The van der Waals surface area contributed by atoms with Crippen LogP contribution in [-0.2, 0) is 30.5 Å². The number of hydrogen-bond acceptors (Lipinski definition) is 6. The molecule has 0 saturated carbocycles. The summed E-state index contributed by atoms with van der Waals surface area (Å²) in [6.45, 7) is 0.930. The van der Waals surface area contributed by atoms with Gasteiger partial charge in [0, 0.05) is 26.1 Å². The van der Waals surface area contributed by atoms with Gasteiger partial charge in [-0.3, -0.25) is 24.2 Å². The highest BCUT2D eigenvalue weighted by molar-refractivity contribution is 5.94. The van der Waals surface area contributed by atoms with Crippen LogP contribution in [0.4, 0.5) is 13.2 Å². The van der Waals surface area contributed by atoms with Crippen LogP contribution in [0.3, 0.4) is 0 Å². The molecular weight excluding hydrogens is 529 g/mol. The normalized spacial score (nSPS) is 15.3. The summed E-state index contributed by atoms with van der Waals surface area (Å²) in [4.78, 5) is 63.3. The Balaban J connectivity index is 0.000000956. The first-order valence-corrected chi connectivity index (χ1v) is 11.7. The van der Waals surface area contributed by atoms with Gasteiger partial charge in [0.15, 0.2) is 5.96 Å². The summed E-state index contributed by atoms with van der Waals surface area (Å²) < 4.78 is 31.7. The number of halogens is 3. The zero-order chi connectivity index (χ0) is 29.6. The van der Waals surface area contributed by atoms with Crippen molar-refractivity contribution in [1.29, 1.82) is 0 Å². The number of carboxylic acids is 2. The molecule has 1 saturated heterocycles. The largest absolute Gasteiger partial charge is 0.490 e. The molecule has 1 aromatic carbocycles. The van der Waals surface area contributed by atoms with Crippen molar-refractivity contribution in [2.75, 3.05) is 13.1 Å². The summed E-state index contributed by atoms with van der Waals surface area (Å²) in [5, 5.41) is 21.5. The van der Waals surface area contributed by atoms with Gasteiger partial charge < -0.3 is 37.2 Å². The molecule has 216 valence electrons. The minimum absolute atomic E-state index is 0.0501. The molecule has 0 bridgehead atoms. The standard InChI is InChI=1S/C21H30N6O5.C2HF3O2/c22-21(23)24-10-4-9-17(28)27-11-5-8-16(27)20(32)26-15(12-18(29)30)19(31)25-13-14-6-2-1-3-7-14;3-2(4,5)1(6)7/h1-3,6-7,15-16H,4-5,8-13H2,(H,25,31)(H,26,32)(H,29,30)(H4,22,23,24);(H,6,7)/t15-,16+;/m0./s1. The molecule has 0 aromatic heterocycles. The van der Waals surface area contributed by atoms with Gasteiger partial charge in [-0.25, -0.2) is 4.79 Å². The first kappa shape index (κ1) is 32.7. The van der Waals surface area contributed by atoms with Crippen molar-refractivity contribution in [1.82, 2.24) is 15.5 Å². The SMILES string of the molecule is NC(N)=NCCCC(=O)N1CCC[C@@H]1C(=O)N[C@@H](CC(=O)O)C(=O)NCc1ccccc1.O=C(O)C(F)(F)F. The van der Waals surface area contributed by atoms with E-state index in [4.69, 9.17) is 21.4 Å². The second-order valence-corrected chi connectivity index (χ2v) is 8.32. The Morgan fingerprint density at radius 2 is 1.72 bits per heavy atom. The Kier molecular flexibility index (Phi) is 13.2. The zero-order valence-electron chi connectivity index (χ0n) is 20.8. The number of hydrogen-bond donors (Lipinski definition) is 6. The zero-order valence-corrected chi connectivity index (χ0v) is 20.8. The van der Waals surface area contributed by atoms with E-state index in [-0.39, 0.29) is 24.8 Å². The average molecular weight is 561 g/mol. The smallest absolute Gasteiger partial charge is 0.481 e. The molecule has 8 N–H and O–H groups in total. The first-order valence-electron chi connectivity index (χ1n) is 11.7. The third-order valence-corrected chi connectivity index (χ3v) is 5.28. The molecule has 3 amide bonds. The lowest BCUT2D eigenvalue weighted by atomic mass is 10.1. The number of guanidine groups is 1. The monoisotopic (exact) mass is 560 g/mol. The van der Waals surface area contributed by atoms with Crippen LogP contribution >= 0.6 is 0 Å². The topological polar surface area (TPSA) is 218 Å². The van der Waals surface area contributed by atoms with Crippen molar-refractivity contribution in [3.05, 3.63) is 35.9 Å². The van der Waals surface area contributed by atoms with Crippen molar-refractivity contribution < 1.29 is 47.4 Å². The number of nitrogens with one attached hydrogen (secondary N) is 2. The Bertz CT molecular complexity index is 1030. The number of carbonyl (C=O) groups excluding carboxylic acids is 3. The van der Waals surface area contributed by atoms with E-state index in [0.29, 0.717) is 32.4 Å². The maximum absolute atomic E-state index is 12.8. The molecule has 0 aliphatic carbocycles. The Morgan fingerprint density at radius 1 is 1.10 bits per heavy atom. The summed E-state index contributed by atoms with van der Waals surface area (Å²) in [5.74, 6) is -5.38. The van der Waals surface area contributed by atoms with E-state index in [2.05, 4.69) is 15.6 Å². The number of carboxylic acid groups (broad SMARTS) is 2. The van der Waals surface area contributed by atoms with Crippen LogP contribution in [0, 0.1) is 0 Å². The summed E-state index contributed by atoms with van der Waals surface area (Å²) in [6.07, 6.45) is -3.95. The predicted molar refractivity (Wildman–Crippen MR) is 131 cm³/mol. The number of benzene rings is 1. The minimum Gasteiger partial charge on any atom is -0.481 e. The fourth-order valence-corrected chi connectivity index (χ4v) is 3.48. The van der Waals surface area contributed by atoms with Gasteiger partial charge in [-0.05, 0) is 24.8 Å². The maximum Gasteiger partial charge on any atom is 0.490 e. The minimum atomic E-state index is -5.08. The summed E-state index contributed by atoms with van der Waals surface area (Å²) in [5.41, 5.74) is 11.4. The van der Waals surface area contributed by atoms with Crippen molar-refractivity contribution >= 4 is 35.6 Å². The van der Waals surface area contributed by atoms with Gasteiger partial charge in [0.1, 0.15) is 12.1 Å². The number of carbonyl (C=O) groups is 5. The number of likely N-dealkylation sites (tertiary alicyclic amines) is 1. The molecule has 2 atom stereocenters.